The van der Waals surface area contributed by atoms with Crippen molar-refractivity contribution in [2.24, 2.45) is 0 Å². The SMILES string of the molecule is O=C(O)c1nc(C(F)(F)F)sc1N1CCNCC1. The summed E-state index contributed by atoms with van der Waals surface area (Å²) in [5.41, 5.74) is -0.519. The van der Waals surface area contributed by atoms with Gasteiger partial charge in [0, 0.05) is 26.2 Å². The Kier molecular flexibility index (Phi) is 3.44. The highest BCUT2D eigenvalue weighted by Crippen LogP contribution is 2.38. The van der Waals surface area contributed by atoms with Crippen molar-refractivity contribution in [3.8, 4) is 0 Å². The van der Waals surface area contributed by atoms with Crippen LogP contribution in [0.25, 0.3) is 0 Å². The zero-order chi connectivity index (χ0) is 13.3. The summed E-state index contributed by atoms with van der Waals surface area (Å²) in [6.07, 6.45) is -4.61. The first-order chi connectivity index (χ1) is 8.39. The largest absolute Gasteiger partial charge is 0.476 e. The molecule has 100 valence electrons. The first kappa shape index (κ1) is 13.1. The number of halogens is 3. The maximum atomic E-state index is 12.5. The maximum Gasteiger partial charge on any atom is 0.443 e. The average Bonchev–Trinajstić information content (AvgIpc) is 2.74. The second-order valence-electron chi connectivity index (χ2n) is 3.71. The summed E-state index contributed by atoms with van der Waals surface area (Å²) in [6, 6.07) is 0. The Morgan fingerprint density at radius 3 is 2.50 bits per heavy atom. The van der Waals surface area contributed by atoms with Crippen LogP contribution in [0.5, 0.6) is 0 Å². The monoisotopic (exact) mass is 281 g/mol. The summed E-state index contributed by atoms with van der Waals surface area (Å²) < 4.78 is 37.6. The molecule has 0 unspecified atom stereocenters. The lowest BCUT2D eigenvalue weighted by atomic mass is 10.3. The number of rotatable bonds is 2. The van der Waals surface area contributed by atoms with Crippen LogP contribution in [0.4, 0.5) is 18.2 Å². The summed E-state index contributed by atoms with van der Waals surface area (Å²) in [6.45, 7) is 2.16. The normalized spacial score (nSPS) is 16.9. The molecule has 0 aromatic carbocycles. The van der Waals surface area contributed by atoms with Crippen molar-refractivity contribution in [2.75, 3.05) is 31.1 Å². The highest BCUT2D eigenvalue weighted by molar-refractivity contribution is 7.16. The summed E-state index contributed by atoms with van der Waals surface area (Å²) in [5.74, 6) is -1.43. The molecule has 2 rings (SSSR count). The number of hydrogen-bond donors (Lipinski definition) is 2. The third kappa shape index (κ3) is 2.56. The Bertz CT molecular complexity index is 454. The van der Waals surface area contributed by atoms with Gasteiger partial charge in [-0.1, -0.05) is 11.3 Å². The molecule has 1 aliphatic rings. The molecule has 0 bridgehead atoms. The fourth-order valence-corrected chi connectivity index (χ4v) is 2.63. The molecule has 5 nitrogen and oxygen atoms in total. The van der Waals surface area contributed by atoms with E-state index in [-0.39, 0.29) is 5.00 Å². The van der Waals surface area contributed by atoms with E-state index in [1.54, 1.807) is 4.90 Å². The minimum atomic E-state index is -4.61. The Labute approximate surface area is 104 Å². The molecule has 1 aromatic heterocycles. The number of carbonyl (C=O) groups is 1. The second-order valence-corrected chi connectivity index (χ2v) is 4.69. The Morgan fingerprint density at radius 1 is 1.39 bits per heavy atom. The molecule has 0 aliphatic carbocycles. The van der Waals surface area contributed by atoms with Crippen LogP contribution in [0, 0.1) is 0 Å². The van der Waals surface area contributed by atoms with Crippen molar-refractivity contribution in [2.45, 2.75) is 6.18 Å². The summed E-state index contributed by atoms with van der Waals surface area (Å²) in [5, 5.41) is 10.9. The molecule has 0 saturated carbocycles. The fraction of sp³-hybridized carbons (Fsp3) is 0.556. The van der Waals surface area contributed by atoms with E-state index in [1.807, 2.05) is 0 Å². The number of nitrogens with one attached hydrogen (secondary N) is 1. The van der Waals surface area contributed by atoms with E-state index in [4.69, 9.17) is 5.11 Å². The number of anilines is 1. The summed E-state index contributed by atoms with van der Waals surface area (Å²) >= 11 is 0.382. The minimum absolute atomic E-state index is 0.0799. The van der Waals surface area contributed by atoms with Crippen LogP contribution in [0.15, 0.2) is 0 Å². The molecule has 0 atom stereocenters. The number of piperazine rings is 1. The van der Waals surface area contributed by atoms with E-state index in [9.17, 15) is 18.0 Å². The maximum absolute atomic E-state index is 12.5. The van der Waals surface area contributed by atoms with Crippen molar-refractivity contribution in [3.05, 3.63) is 10.7 Å². The van der Waals surface area contributed by atoms with Gasteiger partial charge in [0.05, 0.1) is 0 Å². The van der Waals surface area contributed by atoms with Gasteiger partial charge in [0.1, 0.15) is 5.00 Å². The van der Waals surface area contributed by atoms with Gasteiger partial charge in [-0.25, -0.2) is 9.78 Å². The molecule has 9 heteroatoms. The molecule has 1 saturated heterocycles. The van der Waals surface area contributed by atoms with E-state index in [0.717, 1.165) is 0 Å². The molecular weight excluding hydrogens is 271 g/mol. The first-order valence-corrected chi connectivity index (χ1v) is 5.98. The lowest BCUT2D eigenvalue weighted by Crippen LogP contribution is -2.43. The molecule has 18 heavy (non-hydrogen) atoms. The minimum Gasteiger partial charge on any atom is -0.476 e. The van der Waals surface area contributed by atoms with Gasteiger partial charge in [0.2, 0.25) is 5.01 Å². The van der Waals surface area contributed by atoms with Crippen LogP contribution in [-0.4, -0.2) is 42.2 Å². The number of hydrogen-bond acceptors (Lipinski definition) is 5. The van der Waals surface area contributed by atoms with Gasteiger partial charge in [0.25, 0.3) is 0 Å². The Morgan fingerprint density at radius 2 is 2.00 bits per heavy atom. The van der Waals surface area contributed by atoms with Crippen LogP contribution in [0.2, 0.25) is 0 Å². The number of nitrogens with zero attached hydrogens (tertiary/aromatic N) is 2. The van der Waals surface area contributed by atoms with E-state index in [1.165, 1.54) is 0 Å². The van der Waals surface area contributed by atoms with Gasteiger partial charge in [0.15, 0.2) is 5.69 Å². The fourth-order valence-electron chi connectivity index (χ4n) is 1.65. The van der Waals surface area contributed by atoms with Gasteiger partial charge < -0.3 is 15.3 Å². The van der Waals surface area contributed by atoms with Crippen LogP contribution in [0.1, 0.15) is 15.5 Å². The first-order valence-electron chi connectivity index (χ1n) is 5.16. The van der Waals surface area contributed by atoms with E-state index in [0.29, 0.717) is 37.5 Å². The highest BCUT2D eigenvalue weighted by atomic mass is 32.1. The van der Waals surface area contributed by atoms with Gasteiger partial charge >= 0.3 is 12.1 Å². The predicted octanol–water partition coefficient (Wildman–Crippen LogP) is 1.27. The third-order valence-electron chi connectivity index (χ3n) is 2.46. The molecule has 1 aliphatic heterocycles. The van der Waals surface area contributed by atoms with Crippen LogP contribution >= 0.6 is 11.3 Å². The molecule has 0 spiro atoms. The topological polar surface area (TPSA) is 65.5 Å². The van der Waals surface area contributed by atoms with E-state index in [2.05, 4.69) is 10.3 Å². The second kappa shape index (κ2) is 4.73. The van der Waals surface area contributed by atoms with Crippen molar-refractivity contribution in [3.63, 3.8) is 0 Å². The van der Waals surface area contributed by atoms with Crippen molar-refractivity contribution in [1.29, 1.82) is 0 Å². The van der Waals surface area contributed by atoms with E-state index < -0.39 is 22.8 Å². The Hall–Kier alpha value is -1.35. The number of carboxylic acid groups (broad SMARTS) is 1. The predicted molar refractivity (Wildman–Crippen MR) is 59.2 cm³/mol. The number of aromatic nitrogens is 1. The van der Waals surface area contributed by atoms with Crippen molar-refractivity contribution >= 4 is 22.3 Å². The van der Waals surface area contributed by atoms with Crippen LogP contribution in [-0.2, 0) is 6.18 Å². The Balaban J connectivity index is 2.38. The highest BCUT2D eigenvalue weighted by Gasteiger charge is 2.38. The van der Waals surface area contributed by atoms with Crippen LogP contribution < -0.4 is 10.2 Å². The lowest BCUT2D eigenvalue weighted by Gasteiger charge is -2.28. The molecular formula is C9H10F3N3O2S. The molecule has 2 heterocycles. The van der Waals surface area contributed by atoms with Crippen molar-refractivity contribution in [1.82, 2.24) is 10.3 Å². The lowest BCUT2D eigenvalue weighted by molar-refractivity contribution is -0.137. The standard InChI is InChI=1S/C9H10F3N3O2S/c10-9(11,12)8-14-5(7(16)17)6(18-8)15-3-1-13-2-4-15/h13H,1-4H2,(H,16,17). The van der Waals surface area contributed by atoms with Gasteiger partial charge in [-0.05, 0) is 0 Å². The number of alkyl halides is 3. The smallest absolute Gasteiger partial charge is 0.443 e. The zero-order valence-electron chi connectivity index (χ0n) is 9.12. The quantitative estimate of drug-likeness (QED) is 0.854. The molecule has 0 radical (unpaired) electrons. The molecule has 1 fully saturated rings. The van der Waals surface area contributed by atoms with Gasteiger partial charge in [-0.15, -0.1) is 0 Å². The number of carboxylic acids is 1. The molecule has 2 N–H and O–H groups in total. The summed E-state index contributed by atoms with van der Waals surface area (Å²) in [7, 11) is 0. The zero-order valence-corrected chi connectivity index (χ0v) is 9.94. The van der Waals surface area contributed by atoms with Crippen LogP contribution in [0.3, 0.4) is 0 Å². The van der Waals surface area contributed by atoms with Gasteiger partial charge in [-0.3, -0.25) is 0 Å². The van der Waals surface area contributed by atoms with E-state index >= 15 is 0 Å². The van der Waals surface area contributed by atoms with Crippen molar-refractivity contribution < 1.29 is 23.1 Å². The number of aromatic carboxylic acids is 1. The number of thiazole rings is 1. The molecule has 1 aromatic rings. The van der Waals surface area contributed by atoms with Gasteiger partial charge in [-0.2, -0.15) is 13.2 Å². The molecule has 0 amide bonds. The average molecular weight is 281 g/mol. The third-order valence-corrected chi connectivity index (χ3v) is 3.62. The summed E-state index contributed by atoms with van der Waals surface area (Å²) in [4.78, 5) is 15.7.